The van der Waals surface area contributed by atoms with Gasteiger partial charge in [-0.15, -0.1) is 0 Å². The van der Waals surface area contributed by atoms with Crippen LogP contribution in [0.15, 0.2) is 58.5 Å². The lowest BCUT2D eigenvalue weighted by Gasteiger charge is -2.10. The molecule has 0 aromatic heterocycles. The van der Waals surface area contributed by atoms with Crippen LogP contribution in [0.3, 0.4) is 0 Å². The van der Waals surface area contributed by atoms with Crippen LogP contribution in [0.1, 0.15) is 22.8 Å². The van der Waals surface area contributed by atoms with Gasteiger partial charge in [0.2, 0.25) is 0 Å². The first kappa shape index (κ1) is 15.6. The Morgan fingerprint density at radius 1 is 0.909 bits per heavy atom. The van der Waals surface area contributed by atoms with E-state index < -0.39 is 0 Å². The van der Waals surface area contributed by atoms with E-state index >= 15 is 0 Å². The van der Waals surface area contributed by atoms with Gasteiger partial charge >= 0.3 is 0 Å². The molecule has 0 bridgehead atoms. The first-order valence-corrected chi connectivity index (χ1v) is 7.00. The zero-order valence-electron chi connectivity index (χ0n) is 13.0. The van der Waals surface area contributed by atoms with Gasteiger partial charge in [0, 0.05) is 25.9 Å². The highest BCUT2D eigenvalue weighted by atomic mass is 16.1. The molecule has 4 nitrogen and oxygen atoms in total. The number of amidine groups is 1. The van der Waals surface area contributed by atoms with Crippen molar-refractivity contribution in [2.24, 2.45) is 9.98 Å². The van der Waals surface area contributed by atoms with Crippen LogP contribution in [0.4, 0.5) is 11.4 Å². The molecule has 22 heavy (non-hydrogen) atoms. The number of benzene rings is 2. The molecule has 0 saturated carbocycles. The van der Waals surface area contributed by atoms with Crippen molar-refractivity contribution in [3.8, 4) is 0 Å². The minimum absolute atomic E-state index is 0.663. The second kappa shape index (κ2) is 7.31. The van der Waals surface area contributed by atoms with E-state index in [1.54, 1.807) is 18.3 Å². The van der Waals surface area contributed by atoms with Crippen LogP contribution in [0.2, 0.25) is 0 Å². The minimum Gasteiger partial charge on any atom is -0.366 e. The molecule has 0 aliphatic rings. The van der Waals surface area contributed by atoms with Gasteiger partial charge in [0.05, 0.1) is 11.4 Å². The van der Waals surface area contributed by atoms with E-state index in [9.17, 15) is 4.79 Å². The van der Waals surface area contributed by atoms with Crippen molar-refractivity contribution in [2.45, 2.75) is 6.92 Å². The molecule has 2 aromatic rings. The van der Waals surface area contributed by atoms with Crippen LogP contribution in [0, 0.1) is 0 Å². The van der Waals surface area contributed by atoms with Crippen LogP contribution >= 0.6 is 0 Å². The smallest absolute Gasteiger partial charge is 0.150 e. The molecule has 4 heteroatoms. The lowest BCUT2D eigenvalue weighted by atomic mass is 10.2. The van der Waals surface area contributed by atoms with Crippen LogP contribution in [-0.4, -0.2) is 37.3 Å². The third-order valence-electron chi connectivity index (χ3n) is 3.22. The molecule has 0 atom stereocenters. The van der Waals surface area contributed by atoms with Crippen molar-refractivity contribution in [3.05, 3.63) is 59.7 Å². The molecule has 2 rings (SSSR count). The number of carbonyl (C=O) groups is 1. The molecule has 0 heterocycles. The van der Waals surface area contributed by atoms with Gasteiger partial charge < -0.3 is 4.90 Å². The van der Waals surface area contributed by atoms with E-state index in [-0.39, 0.29) is 0 Å². The van der Waals surface area contributed by atoms with E-state index in [0.717, 1.165) is 29.1 Å². The predicted octanol–water partition coefficient (Wildman–Crippen LogP) is 3.86. The van der Waals surface area contributed by atoms with Gasteiger partial charge in [0.25, 0.3) is 0 Å². The highest BCUT2D eigenvalue weighted by Gasteiger charge is 1.96. The Balaban J connectivity index is 2.08. The SMILES string of the molecule is CC(=Nc1ccc(N=Cc2ccc(C=O)cc2)cc1)N(C)C. The van der Waals surface area contributed by atoms with E-state index in [4.69, 9.17) is 0 Å². The maximum atomic E-state index is 10.6. The van der Waals surface area contributed by atoms with Gasteiger partial charge in [0.1, 0.15) is 12.1 Å². The van der Waals surface area contributed by atoms with Crippen molar-refractivity contribution in [2.75, 3.05) is 14.1 Å². The molecular formula is C18H19N3O. The molecule has 0 N–H and O–H groups in total. The minimum atomic E-state index is 0.663. The van der Waals surface area contributed by atoms with E-state index in [2.05, 4.69) is 9.98 Å². The number of nitrogens with zero attached hydrogens (tertiary/aromatic N) is 3. The standard InChI is InChI=1S/C18H19N3O/c1-14(21(2)3)20-18-10-8-17(9-11-18)19-12-15-4-6-16(13-22)7-5-15/h4-13H,1-3H3. The molecule has 112 valence electrons. The van der Waals surface area contributed by atoms with Crippen molar-refractivity contribution in [3.63, 3.8) is 0 Å². The summed E-state index contributed by atoms with van der Waals surface area (Å²) in [6, 6.07) is 15.0. The molecule has 0 unspecified atom stereocenters. The van der Waals surface area contributed by atoms with Crippen LogP contribution in [0.25, 0.3) is 0 Å². The summed E-state index contributed by atoms with van der Waals surface area (Å²) in [5, 5.41) is 0. The normalized spacial score (nSPS) is 11.7. The van der Waals surface area contributed by atoms with Gasteiger partial charge in [-0.3, -0.25) is 9.79 Å². The Morgan fingerprint density at radius 3 is 2.00 bits per heavy atom. The van der Waals surface area contributed by atoms with Gasteiger partial charge in [-0.1, -0.05) is 24.3 Å². The molecule has 0 spiro atoms. The number of hydrogen-bond donors (Lipinski definition) is 0. The van der Waals surface area contributed by atoms with E-state index in [1.807, 2.05) is 62.3 Å². The molecule has 2 aromatic carbocycles. The van der Waals surface area contributed by atoms with Crippen molar-refractivity contribution in [1.29, 1.82) is 0 Å². The lowest BCUT2D eigenvalue weighted by molar-refractivity contribution is 0.112. The van der Waals surface area contributed by atoms with Crippen LogP contribution < -0.4 is 0 Å². The molecule has 0 saturated heterocycles. The monoisotopic (exact) mass is 293 g/mol. The summed E-state index contributed by atoms with van der Waals surface area (Å²) in [5.74, 6) is 0.950. The Bertz CT molecular complexity index is 683. The van der Waals surface area contributed by atoms with Gasteiger partial charge in [-0.05, 0) is 36.8 Å². The van der Waals surface area contributed by atoms with E-state index in [1.165, 1.54) is 0 Å². The summed E-state index contributed by atoms with van der Waals surface area (Å²) in [6.45, 7) is 1.97. The molecule has 0 amide bonds. The summed E-state index contributed by atoms with van der Waals surface area (Å²) in [7, 11) is 3.93. The van der Waals surface area contributed by atoms with Gasteiger partial charge in [0.15, 0.2) is 0 Å². The fraction of sp³-hybridized carbons (Fsp3) is 0.167. The summed E-state index contributed by atoms with van der Waals surface area (Å²) < 4.78 is 0. The fourth-order valence-corrected chi connectivity index (χ4v) is 1.71. The summed E-state index contributed by atoms with van der Waals surface area (Å²) >= 11 is 0. The summed E-state index contributed by atoms with van der Waals surface area (Å²) in [5.41, 5.74) is 3.38. The third-order valence-corrected chi connectivity index (χ3v) is 3.22. The lowest BCUT2D eigenvalue weighted by Crippen LogP contribution is -2.17. The Hall–Kier alpha value is -2.75. The third kappa shape index (κ3) is 4.38. The quantitative estimate of drug-likeness (QED) is 0.488. The predicted molar refractivity (Wildman–Crippen MR) is 92.0 cm³/mol. The second-order valence-electron chi connectivity index (χ2n) is 5.11. The number of carbonyl (C=O) groups excluding carboxylic acids is 1. The average Bonchev–Trinajstić information content (AvgIpc) is 2.54. The first-order valence-electron chi connectivity index (χ1n) is 7.00. The van der Waals surface area contributed by atoms with Gasteiger partial charge in [-0.25, -0.2) is 4.99 Å². The van der Waals surface area contributed by atoms with Crippen LogP contribution in [0.5, 0.6) is 0 Å². The van der Waals surface area contributed by atoms with Crippen molar-refractivity contribution in [1.82, 2.24) is 4.90 Å². The average molecular weight is 293 g/mol. The van der Waals surface area contributed by atoms with E-state index in [0.29, 0.717) is 5.56 Å². The Morgan fingerprint density at radius 2 is 1.45 bits per heavy atom. The molecular weight excluding hydrogens is 274 g/mol. The Kier molecular flexibility index (Phi) is 5.20. The van der Waals surface area contributed by atoms with Crippen molar-refractivity contribution >= 4 is 29.7 Å². The topological polar surface area (TPSA) is 45.0 Å². The molecule has 0 fully saturated rings. The fourth-order valence-electron chi connectivity index (χ4n) is 1.71. The summed E-state index contributed by atoms with van der Waals surface area (Å²) in [6.07, 6.45) is 2.60. The molecule has 0 radical (unpaired) electrons. The second-order valence-corrected chi connectivity index (χ2v) is 5.11. The highest BCUT2D eigenvalue weighted by molar-refractivity contribution is 5.84. The number of rotatable bonds is 4. The zero-order chi connectivity index (χ0) is 15.9. The summed E-state index contributed by atoms with van der Waals surface area (Å²) in [4.78, 5) is 21.5. The van der Waals surface area contributed by atoms with Gasteiger partial charge in [-0.2, -0.15) is 0 Å². The maximum Gasteiger partial charge on any atom is 0.150 e. The number of aldehydes is 1. The first-order chi connectivity index (χ1) is 10.6. The molecule has 0 aliphatic carbocycles. The van der Waals surface area contributed by atoms with Crippen LogP contribution in [-0.2, 0) is 0 Å². The Labute approximate surface area is 130 Å². The maximum absolute atomic E-state index is 10.6. The zero-order valence-corrected chi connectivity index (χ0v) is 13.0. The van der Waals surface area contributed by atoms with Crippen molar-refractivity contribution < 1.29 is 4.79 Å². The number of hydrogen-bond acceptors (Lipinski definition) is 3. The highest BCUT2D eigenvalue weighted by Crippen LogP contribution is 2.19. The largest absolute Gasteiger partial charge is 0.366 e. The number of aliphatic imine (C=N–C) groups is 2. The molecule has 0 aliphatic heterocycles.